The third-order valence-electron chi connectivity index (χ3n) is 8.93. The second kappa shape index (κ2) is 17.2. The molecule has 1 aliphatic rings. The number of aromatic amines is 1. The van der Waals surface area contributed by atoms with Crippen molar-refractivity contribution < 1.29 is 19.1 Å². The van der Waals surface area contributed by atoms with Crippen molar-refractivity contribution in [2.45, 2.75) is 96.2 Å². The number of H-pyrrole nitrogens is 1. The van der Waals surface area contributed by atoms with Crippen LogP contribution in [-0.4, -0.2) is 94.7 Å². The summed E-state index contributed by atoms with van der Waals surface area (Å²) < 4.78 is 12.1. The van der Waals surface area contributed by atoms with Crippen molar-refractivity contribution in [2.24, 2.45) is 0 Å². The van der Waals surface area contributed by atoms with Gasteiger partial charge in [0, 0.05) is 18.5 Å². The smallest absolute Gasteiger partial charge is 0.328 e. The van der Waals surface area contributed by atoms with Crippen LogP contribution >= 0.6 is 0 Å². The molecule has 0 atom stereocenters. The molecule has 2 aromatic heterocycles. The number of imidazole rings is 1. The first-order valence-corrected chi connectivity index (χ1v) is 16.6. The molecule has 4 rings (SSSR count). The molecule has 12 nitrogen and oxygen atoms in total. The minimum Gasteiger partial charge on any atom is -0.469 e. The molecule has 1 saturated carbocycles. The maximum absolute atomic E-state index is 13.1. The van der Waals surface area contributed by atoms with Gasteiger partial charge in [-0.2, -0.15) is 9.97 Å². The number of amides is 1. The van der Waals surface area contributed by atoms with Gasteiger partial charge in [-0.25, -0.2) is 4.79 Å². The molecular weight excluding hydrogens is 586 g/mol. The Morgan fingerprint density at radius 3 is 2.48 bits per heavy atom. The summed E-state index contributed by atoms with van der Waals surface area (Å²) in [5.41, 5.74) is 1.89. The summed E-state index contributed by atoms with van der Waals surface area (Å²) in [6.07, 6.45) is 10.0. The van der Waals surface area contributed by atoms with E-state index in [4.69, 9.17) is 9.47 Å². The zero-order valence-corrected chi connectivity index (χ0v) is 28.1. The summed E-state index contributed by atoms with van der Waals surface area (Å²) in [7, 11) is 7.92. The van der Waals surface area contributed by atoms with Crippen molar-refractivity contribution in [2.75, 3.05) is 46.7 Å². The third-order valence-corrected chi connectivity index (χ3v) is 8.93. The molecule has 46 heavy (non-hydrogen) atoms. The van der Waals surface area contributed by atoms with Crippen molar-refractivity contribution in [1.82, 2.24) is 29.3 Å². The number of carbonyl (C=O) groups excluding carboxylic acids is 2. The minimum absolute atomic E-state index is 0.103. The summed E-state index contributed by atoms with van der Waals surface area (Å²) >= 11 is 0. The SMILES string of the molecule is CCCCOc1nc(NC(=O)CCCCCN(C)C2CCC(N(C)C)CC2)c2[nH]c(=O)n(Cc3cccc(CC(=O)OC)c3)c2n1. The van der Waals surface area contributed by atoms with E-state index in [1.165, 1.54) is 37.4 Å². The van der Waals surface area contributed by atoms with Gasteiger partial charge in [0.2, 0.25) is 5.91 Å². The van der Waals surface area contributed by atoms with Gasteiger partial charge in [-0.05, 0) is 83.8 Å². The molecule has 12 heteroatoms. The fraction of sp³-hybridized carbons (Fsp3) is 0.618. The number of aromatic nitrogens is 4. The van der Waals surface area contributed by atoms with Crippen LogP contribution in [0.5, 0.6) is 6.01 Å². The van der Waals surface area contributed by atoms with Crippen molar-refractivity contribution in [1.29, 1.82) is 0 Å². The number of esters is 1. The highest BCUT2D eigenvalue weighted by Gasteiger charge is 2.25. The number of carbonyl (C=O) groups is 2. The van der Waals surface area contributed by atoms with Crippen molar-refractivity contribution in [3.8, 4) is 6.01 Å². The largest absolute Gasteiger partial charge is 0.469 e. The van der Waals surface area contributed by atoms with E-state index in [-0.39, 0.29) is 42.4 Å². The fourth-order valence-corrected chi connectivity index (χ4v) is 6.09. The Kier molecular flexibility index (Phi) is 13.1. The molecule has 2 heterocycles. The Bertz CT molecular complexity index is 1490. The molecule has 0 saturated heterocycles. The quantitative estimate of drug-likeness (QED) is 0.163. The van der Waals surface area contributed by atoms with Crippen LogP contribution in [0.25, 0.3) is 11.2 Å². The van der Waals surface area contributed by atoms with Gasteiger partial charge in [-0.1, -0.05) is 44.0 Å². The van der Waals surface area contributed by atoms with E-state index in [1.807, 2.05) is 24.3 Å². The molecule has 1 amide bonds. The van der Waals surface area contributed by atoms with E-state index in [0.717, 1.165) is 49.8 Å². The van der Waals surface area contributed by atoms with Crippen molar-refractivity contribution in [3.05, 3.63) is 45.9 Å². The van der Waals surface area contributed by atoms with E-state index < -0.39 is 0 Å². The molecular formula is C34H51N7O5. The number of unbranched alkanes of at least 4 members (excludes halogenated alkanes) is 3. The van der Waals surface area contributed by atoms with E-state index in [2.05, 4.69) is 58.1 Å². The second-order valence-electron chi connectivity index (χ2n) is 12.6. The lowest BCUT2D eigenvalue weighted by atomic mass is 9.89. The van der Waals surface area contributed by atoms with Gasteiger partial charge in [0.05, 0.1) is 26.7 Å². The number of benzene rings is 1. The lowest BCUT2D eigenvalue weighted by Crippen LogP contribution is -2.40. The first-order valence-electron chi connectivity index (χ1n) is 16.6. The standard InChI is InChI=1S/C34H51N7O5/c1-6-7-20-46-33-37-31(35-28(42)14-9-8-10-19-40(4)27-17-15-26(16-18-27)39(2)3)30-32(38-33)41(34(44)36-30)23-25-13-11-12-24(21-25)22-29(43)45-5/h11-13,21,26-27H,6-10,14-20,22-23H2,1-5H3,(H,36,44)(H,35,37,38,42). The van der Waals surface area contributed by atoms with E-state index in [0.29, 0.717) is 36.3 Å². The van der Waals surface area contributed by atoms with Gasteiger partial charge in [0.1, 0.15) is 5.52 Å². The van der Waals surface area contributed by atoms with Gasteiger partial charge in [0.15, 0.2) is 11.5 Å². The third kappa shape index (κ3) is 9.86. The molecule has 252 valence electrons. The molecule has 2 N–H and O–H groups in total. The fourth-order valence-electron chi connectivity index (χ4n) is 6.09. The number of ether oxygens (including phenoxy) is 2. The van der Waals surface area contributed by atoms with Gasteiger partial charge in [-0.15, -0.1) is 0 Å². The molecule has 0 unspecified atom stereocenters. The van der Waals surface area contributed by atoms with Crippen LogP contribution in [0.3, 0.4) is 0 Å². The van der Waals surface area contributed by atoms with Crippen LogP contribution in [0.15, 0.2) is 29.1 Å². The van der Waals surface area contributed by atoms with Gasteiger partial charge in [0.25, 0.3) is 0 Å². The summed E-state index contributed by atoms with van der Waals surface area (Å²) in [6, 6.07) is 8.86. The first kappa shape index (κ1) is 35.1. The van der Waals surface area contributed by atoms with Gasteiger partial charge >= 0.3 is 17.7 Å². The van der Waals surface area contributed by atoms with Crippen LogP contribution in [0, 0.1) is 0 Å². The molecule has 3 aromatic rings. The van der Waals surface area contributed by atoms with Gasteiger partial charge < -0.3 is 29.6 Å². The maximum Gasteiger partial charge on any atom is 0.328 e. The van der Waals surface area contributed by atoms with Crippen molar-refractivity contribution in [3.63, 3.8) is 0 Å². The van der Waals surface area contributed by atoms with Crippen molar-refractivity contribution >= 4 is 28.9 Å². The van der Waals surface area contributed by atoms with E-state index in [1.54, 1.807) is 0 Å². The molecule has 0 spiro atoms. The topological polar surface area (TPSA) is 135 Å². The number of nitrogens with zero attached hydrogens (tertiary/aromatic N) is 5. The van der Waals surface area contributed by atoms with Crippen LogP contribution in [0.1, 0.15) is 82.3 Å². The average Bonchev–Trinajstić information content (AvgIpc) is 3.35. The summed E-state index contributed by atoms with van der Waals surface area (Å²) in [5.74, 6) is -0.280. The molecule has 1 fully saturated rings. The first-order chi connectivity index (χ1) is 22.2. The summed E-state index contributed by atoms with van der Waals surface area (Å²) in [5, 5.41) is 2.90. The number of rotatable bonds is 17. The summed E-state index contributed by atoms with van der Waals surface area (Å²) in [4.78, 5) is 54.6. The minimum atomic E-state index is -0.386. The zero-order chi connectivity index (χ0) is 33.1. The Labute approximate surface area is 271 Å². The number of nitrogens with one attached hydrogen (secondary N) is 2. The predicted molar refractivity (Wildman–Crippen MR) is 179 cm³/mol. The predicted octanol–water partition coefficient (Wildman–Crippen LogP) is 4.37. The molecule has 1 aromatic carbocycles. The Morgan fingerprint density at radius 2 is 1.76 bits per heavy atom. The highest BCUT2D eigenvalue weighted by molar-refractivity contribution is 5.97. The lowest BCUT2D eigenvalue weighted by molar-refractivity contribution is -0.139. The van der Waals surface area contributed by atoms with Crippen LogP contribution in [0.4, 0.5) is 5.82 Å². The number of fused-ring (bicyclic) bond motifs is 1. The number of hydrogen-bond acceptors (Lipinski definition) is 9. The monoisotopic (exact) mass is 637 g/mol. The maximum atomic E-state index is 13.1. The zero-order valence-electron chi connectivity index (χ0n) is 28.1. The number of hydrogen-bond donors (Lipinski definition) is 2. The Morgan fingerprint density at radius 1 is 1.02 bits per heavy atom. The molecule has 0 radical (unpaired) electrons. The molecule has 0 aliphatic heterocycles. The van der Waals surface area contributed by atoms with Crippen LogP contribution in [-0.2, 0) is 27.3 Å². The van der Waals surface area contributed by atoms with E-state index >= 15 is 0 Å². The van der Waals surface area contributed by atoms with Crippen LogP contribution in [0.2, 0.25) is 0 Å². The Hall–Kier alpha value is -3.77. The number of methoxy groups -OCH3 is 1. The highest BCUT2D eigenvalue weighted by atomic mass is 16.5. The van der Waals surface area contributed by atoms with E-state index in [9.17, 15) is 14.4 Å². The second-order valence-corrected chi connectivity index (χ2v) is 12.6. The number of anilines is 1. The summed E-state index contributed by atoms with van der Waals surface area (Å²) in [6.45, 7) is 3.72. The average molecular weight is 638 g/mol. The highest BCUT2D eigenvalue weighted by Crippen LogP contribution is 2.25. The normalized spacial score (nSPS) is 16.7. The molecule has 1 aliphatic carbocycles. The lowest BCUT2D eigenvalue weighted by Gasteiger charge is -2.37. The molecule has 0 bridgehead atoms. The van der Waals surface area contributed by atoms with Crippen LogP contribution < -0.4 is 15.7 Å². The van der Waals surface area contributed by atoms with Gasteiger partial charge in [-0.3, -0.25) is 14.2 Å². The Balaban J connectivity index is 1.38.